The largest absolute Gasteiger partial charge is 0.453 e. The molecule has 4 heteroatoms. The lowest BCUT2D eigenvalue weighted by atomic mass is 9.67. The van der Waals surface area contributed by atoms with E-state index in [1.54, 1.807) is 0 Å². The van der Waals surface area contributed by atoms with Crippen LogP contribution >= 0.6 is 0 Å². The third kappa shape index (κ3) is 7.94. The normalized spacial score (nSPS) is 12.1. The van der Waals surface area contributed by atoms with Crippen LogP contribution in [0.25, 0.3) is 57.0 Å². The van der Waals surface area contributed by atoms with Crippen LogP contribution in [0.2, 0.25) is 0 Å². The molecule has 0 atom stereocenters. The highest BCUT2D eigenvalue weighted by Gasteiger charge is 2.46. The maximum Gasteiger partial charge on any atom is 0.170 e. The van der Waals surface area contributed by atoms with Gasteiger partial charge in [-0.05, 0) is 162 Å². The highest BCUT2D eigenvalue weighted by atomic mass is 16.5. The fourth-order valence-electron chi connectivity index (χ4n) is 9.52. The molecule has 0 bridgehead atoms. The molecule has 10 aromatic carbocycles. The second kappa shape index (κ2) is 17.9. The molecule has 4 nitrogen and oxygen atoms in total. The summed E-state index contributed by atoms with van der Waals surface area (Å²) < 4.78 is 26.6. The van der Waals surface area contributed by atoms with E-state index in [1.165, 1.54) is 22.3 Å². The van der Waals surface area contributed by atoms with Crippen molar-refractivity contribution in [2.24, 2.45) is 0 Å². The molecular weight excluding hydrogens is 845 g/mol. The van der Waals surface area contributed by atoms with Gasteiger partial charge in [0.05, 0.1) is 5.41 Å². The summed E-state index contributed by atoms with van der Waals surface area (Å²) in [4.78, 5) is 0. The minimum Gasteiger partial charge on any atom is -0.453 e. The van der Waals surface area contributed by atoms with Gasteiger partial charge in [-0.3, -0.25) is 0 Å². The van der Waals surface area contributed by atoms with Crippen molar-refractivity contribution in [1.29, 1.82) is 0 Å². The van der Waals surface area contributed by atoms with Crippen molar-refractivity contribution in [1.82, 2.24) is 0 Å². The molecule has 1 aliphatic rings. The Labute approximate surface area is 402 Å². The molecule has 330 valence electrons. The van der Waals surface area contributed by atoms with Crippen LogP contribution in [0.3, 0.4) is 0 Å². The van der Waals surface area contributed by atoms with Gasteiger partial charge in [0, 0.05) is 0 Å². The van der Waals surface area contributed by atoms with E-state index in [0.29, 0.717) is 46.0 Å². The van der Waals surface area contributed by atoms with E-state index in [0.717, 1.165) is 54.9 Å². The predicted molar refractivity (Wildman–Crippen MR) is 285 cm³/mol. The van der Waals surface area contributed by atoms with Crippen molar-refractivity contribution in [2.75, 3.05) is 0 Å². The van der Waals surface area contributed by atoms with E-state index in [-0.39, 0.29) is 0 Å². The third-order valence-corrected chi connectivity index (χ3v) is 13.0. The molecule has 0 N–H and O–H groups in total. The zero-order valence-electron chi connectivity index (χ0n) is 37.9. The summed E-state index contributed by atoms with van der Waals surface area (Å²) in [6.45, 7) is 15.7. The molecule has 1 aliphatic carbocycles. The second-order valence-corrected chi connectivity index (χ2v) is 17.1. The number of rotatable bonds is 14. The molecule has 0 fully saturated rings. The zero-order valence-corrected chi connectivity index (χ0v) is 37.9. The molecular formula is C65H46O4. The van der Waals surface area contributed by atoms with Gasteiger partial charge in [0.1, 0.15) is 23.0 Å². The Morgan fingerprint density at radius 2 is 0.580 bits per heavy atom. The first-order valence-electron chi connectivity index (χ1n) is 22.9. The van der Waals surface area contributed by atoms with Gasteiger partial charge in [-0.15, -0.1) is 0 Å². The zero-order chi connectivity index (χ0) is 46.9. The van der Waals surface area contributed by atoms with Gasteiger partial charge in [0.25, 0.3) is 0 Å². The van der Waals surface area contributed by atoms with Crippen LogP contribution in [-0.4, -0.2) is 0 Å². The quantitative estimate of drug-likeness (QED) is 0.109. The first-order valence-corrected chi connectivity index (χ1v) is 22.9. The lowest BCUT2D eigenvalue weighted by molar-refractivity contribution is 0.420. The molecule has 0 radical (unpaired) electrons. The van der Waals surface area contributed by atoms with Gasteiger partial charge < -0.3 is 18.9 Å². The van der Waals surface area contributed by atoms with Crippen molar-refractivity contribution in [3.8, 4) is 57.1 Å². The van der Waals surface area contributed by atoms with Crippen molar-refractivity contribution < 1.29 is 18.9 Å². The van der Waals surface area contributed by atoms with Crippen LogP contribution in [0.4, 0.5) is 0 Å². The summed E-state index contributed by atoms with van der Waals surface area (Å²) in [5.74, 6) is 5.13. The van der Waals surface area contributed by atoms with Gasteiger partial charge >= 0.3 is 0 Å². The van der Waals surface area contributed by atoms with Gasteiger partial charge in [-0.25, -0.2) is 0 Å². The van der Waals surface area contributed by atoms with Crippen molar-refractivity contribution in [3.63, 3.8) is 0 Å². The van der Waals surface area contributed by atoms with Crippen LogP contribution < -0.4 is 18.9 Å². The van der Waals surface area contributed by atoms with E-state index in [1.807, 2.05) is 121 Å². The summed E-state index contributed by atoms with van der Waals surface area (Å²) in [5.41, 5.74) is 10.4. The second-order valence-electron chi connectivity index (χ2n) is 17.1. The summed E-state index contributed by atoms with van der Waals surface area (Å²) in [6.07, 6.45) is 7.28. The lowest BCUT2D eigenvalue weighted by Crippen LogP contribution is -2.28. The molecule has 0 aliphatic heterocycles. The summed E-state index contributed by atoms with van der Waals surface area (Å²) in [7, 11) is 0. The molecule has 0 saturated heterocycles. The SMILES string of the molecule is C=Cc1ccc(Oc2cc3ccc(C4(c5ccc6cc(Oc7ccc(C=C)cc7)c(Oc7ccc(C=C)cc7)cc6c5)c5ccccc5-c5ccccc54)cc3cc2Oc2ccc(C=C)cc2)cc1. The fourth-order valence-corrected chi connectivity index (χ4v) is 9.52. The first-order chi connectivity index (χ1) is 33.9. The van der Waals surface area contributed by atoms with Crippen molar-refractivity contribution in [2.45, 2.75) is 5.41 Å². The minimum absolute atomic E-state index is 0.590. The molecule has 69 heavy (non-hydrogen) atoms. The molecule has 0 heterocycles. The van der Waals surface area contributed by atoms with E-state index >= 15 is 0 Å². The minimum atomic E-state index is -0.706. The first kappa shape index (κ1) is 42.5. The number of hydrogen-bond donors (Lipinski definition) is 0. The smallest absolute Gasteiger partial charge is 0.170 e. The molecule has 0 amide bonds. The Bertz CT molecular complexity index is 3360. The molecule has 10 aromatic rings. The third-order valence-electron chi connectivity index (χ3n) is 13.0. The number of benzene rings is 10. The molecule has 0 aromatic heterocycles. The summed E-state index contributed by atoms with van der Waals surface area (Å²) in [6, 6.07) is 70.9. The molecule has 11 rings (SSSR count). The van der Waals surface area contributed by atoms with E-state index < -0.39 is 5.41 Å². The molecule has 0 spiro atoms. The van der Waals surface area contributed by atoms with Crippen LogP contribution in [0.5, 0.6) is 46.0 Å². The Morgan fingerprint density at radius 1 is 0.290 bits per heavy atom. The Balaban J connectivity index is 1.09. The predicted octanol–water partition coefficient (Wildman–Crippen LogP) is 18.1. The van der Waals surface area contributed by atoms with Crippen LogP contribution in [0, 0.1) is 0 Å². The average Bonchev–Trinajstić information content (AvgIpc) is 3.70. The highest BCUT2D eigenvalue weighted by Crippen LogP contribution is 2.57. The van der Waals surface area contributed by atoms with Gasteiger partial charge in [-0.1, -0.05) is 172 Å². The summed E-state index contributed by atoms with van der Waals surface area (Å²) in [5, 5.41) is 4.02. The number of hydrogen-bond acceptors (Lipinski definition) is 4. The molecule has 0 saturated carbocycles. The van der Waals surface area contributed by atoms with Crippen LogP contribution in [0.1, 0.15) is 44.5 Å². The lowest BCUT2D eigenvalue weighted by Gasteiger charge is -2.34. The monoisotopic (exact) mass is 890 g/mol. The van der Waals surface area contributed by atoms with Gasteiger partial charge in [0.2, 0.25) is 0 Å². The van der Waals surface area contributed by atoms with E-state index in [9.17, 15) is 0 Å². The maximum atomic E-state index is 6.69. The van der Waals surface area contributed by atoms with Gasteiger partial charge in [0.15, 0.2) is 23.0 Å². The number of ether oxygens (including phenoxy) is 4. The highest BCUT2D eigenvalue weighted by molar-refractivity contribution is 5.93. The molecule has 0 unspecified atom stereocenters. The Morgan fingerprint density at radius 3 is 0.884 bits per heavy atom. The maximum absolute atomic E-state index is 6.69. The van der Waals surface area contributed by atoms with Crippen LogP contribution in [-0.2, 0) is 5.41 Å². The fraction of sp³-hybridized carbons (Fsp3) is 0.0154. The van der Waals surface area contributed by atoms with E-state index in [2.05, 4.69) is 136 Å². The Hall–Kier alpha value is -9.12. The number of fused-ring (bicyclic) bond motifs is 5. The van der Waals surface area contributed by atoms with Crippen molar-refractivity contribution >= 4 is 45.8 Å². The summed E-state index contributed by atoms with van der Waals surface area (Å²) >= 11 is 0. The topological polar surface area (TPSA) is 36.9 Å². The van der Waals surface area contributed by atoms with Gasteiger partial charge in [-0.2, -0.15) is 0 Å². The van der Waals surface area contributed by atoms with E-state index in [4.69, 9.17) is 18.9 Å². The van der Waals surface area contributed by atoms with Crippen molar-refractivity contribution in [3.05, 3.63) is 277 Å². The standard InChI is InChI=1S/C65H46O4/c1-5-43-17-29-53(30-18-43)66-61-39-47-25-27-51(37-49(47)41-63(61)68-55-33-21-45(7-3)22-34-55)65(59-15-11-9-13-57(59)58-14-10-12-16-60(58)65)52-28-26-48-40-62(67-54-31-19-44(6-2)20-32-54)64(42-50(48)38-52)69-56-35-23-46(8-4)24-36-56/h5-42H,1-4H2. The van der Waals surface area contributed by atoms with Crippen LogP contribution in [0.15, 0.2) is 233 Å². The average molecular weight is 891 g/mol. The Kier molecular flexibility index (Phi) is 11.0.